The van der Waals surface area contributed by atoms with E-state index < -0.39 is 7.60 Å². The molecule has 1 aromatic carbocycles. The molecule has 0 atom stereocenters. The minimum atomic E-state index is -3.11. The lowest BCUT2D eigenvalue weighted by Crippen LogP contribution is -1.92. The summed E-state index contributed by atoms with van der Waals surface area (Å²) in [7, 11) is -3.11. The van der Waals surface area contributed by atoms with E-state index in [4.69, 9.17) is 14.8 Å². The van der Waals surface area contributed by atoms with E-state index in [-0.39, 0.29) is 0 Å². The van der Waals surface area contributed by atoms with Crippen LogP contribution < -0.4 is 5.73 Å². The molecule has 1 aromatic rings. The number of nitrogen functional groups attached to an aromatic ring is 1. The van der Waals surface area contributed by atoms with Gasteiger partial charge in [0.15, 0.2) is 0 Å². The van der Waals surface area contributed by atoms with Crippen molar-refractivity contribution in [3.63, 3.8) is 0 Å². The van der Waals surface area contributed by atoms with E-state index in [1.165, 1.54) is 5.82 Å². The van der Waals surface area contributed by atoms with Gasteiger partial charge >= 0.3 is 7.60 Å². The standard InChI is InChI=1S/C12H18NO3P/c1-3-15-17(14,16-4-2)10-9-11-5-7-12(13)8-6-11/h5-10H,3-4,13H2,1-2H3/b10-9+. The Hall–Kier alpha value is -1.09. The lowest BCUT2D eigenvalue weighted by Gasteiger charge is -2.12. The van der Waals surface area contributed by atoms with Crippen molar-refractivity contribution in [1.82, 2.24) is 0 Å². The van der Waals surface area contributed by atoms with E-state index in [1.807, 2.05) is 12.1 Å². The summed E-state index contributed by atoms with van der Waals surface area (Å²) in [5.41, 5.74) is 7.17. The van der Waals surface area contributed by atoms with Crippen molar-refractivity contribution in [2.45, 2.75) is 13.8 Å². The van der Waals surface area contributed by atoms with Crippen LogP contribution in [0.1, 0.15) is 19.4 Å². The minimum Gasteiger partial charge on any atom is -0.399 e. The Morgan fingerprint density at radius 3 is 2.18 bits per heavy atom. The molecule has 4 nitrogen and oxygen atoms in total. The third kappa shape index (κ3) is 4.73. The van der Waals surface area contributed by atoms with Crippen molar-refractivity contribution in [2.75, 3.05) is 18.9 Å². The van der Waals surface area contributed by atoms with Gasteiger partial charge in [0.25, 0.3) is 0 Å². The second-order valence-corrected chi connectivity index (χ2v) is 5.25. The van der Waals surface area contributed by atoms with Crippen molar-refractivity contribution in [1.29, 1.82) is 0 Å². The molecule has 0 amide bonds. The summed E-state index contributed by atoms with van der Waals surface area (Å²) in [4.78, 5) is 0. The first-order valence-corrected chi connectivity index (χ1v) is 7.14. The fourth-order valence-electron chi connectivity index (χ4n) is 1.27. The van der Waals surface area contributed by atoms with Gasteiger partial charge in [0.05, 0.1) is 13.2 Å². The molecule has 1 rings (SSSR count). The quantitative estimate of drug-likeness (QED) is 0.624. The molecular weight excluding hydrogens is 237 g/mol. The first-order valence-electron chi connectivity index (χ1n) is 5.53. The zero-order valence-electron chi connectivity index (χ0n) is 10.1. The Morgan fingerprint density at radius 2 is 1.71 bits per heavy atom. The zero-order chi connectivity index (χ0) is 12.7. The maximum atomic E-state index is 12.1. The second-order valence-electron chi connectivity index (χ2n) is 3.36. The molecule has 0 heterocycles. The fraction of sp³-hybridized carbons (Fsp3) is 0.333. The van der Waals surface area contributed by atoms with Gasteiger partial charge < -0.3 is 14.8 Å². The molecule has 0 fully saturated rings. The van der Waals surface area contributed by atoms with Gasteiger partial charge in [0.1, 0.15) is 0 Å². The van der Waals surface area contributed by atoms with E-state index in [0.29, 0.717) is 18.9 Å². The summed E-state index contributed by atoms with van der Waals surface area (Å²) in [5.74, 6) is 1.48. The summed E-state index contributed by atoms with van der Waals surface area (Å²) >= 11 is 0. The number of rotatable bonds is 6. The van der Waals surface area contributed by atoms with Crippen LogP contribution in [-0.4, -0.2) is 13.2 Å². The maximum Gasteiger partial charge on any atom is 0.354 e. The van der Waals surface area contributed by atoms with Gasteiger partial charge in [-0.2, -0.15) is 0 Å². The molecule has 0 aromatic heterocycles. The monoisotopic (exact) mass is 255 g/mol. The lowest BCUT2D eigenvalue weighted by atomic mass is 10.2. The second kappa shape index (κ2) is 6.60. The molecule has 0 spiro atoms. The number of benzene rings is 1. The predicted octanol–water partition coefficient (Wildman–Crippen LogP) is 3.51. The van der Waals surface area contributed by atoms with Gasteiger partial charge in [-0.1, -0.05) is 12.1 Å². The molecule has 17 heavy (non-hydrogen) atoms. The lowest BCUT2D eigenvalue weighted by molar-refractivity contribution is 0.229. The molecule has 2 N–H and O–H groups in total. The van der Waals surface area contributed by atoms with Crippen LogP contribution in [0.3, 0.4) is 0 Å². The molecule has 5 heteroatoms. The third-order valence-electron chi connectivity index (χ3n) is 2.00. The molecule has 0 radical (unpaired) electrons. The van der Waals surface area contributed by atoms with Gasteiger partial charge in [-0.3, -0.25) is 4.57 Å². The maximum absolute atomic E-state index is 12.1. The smallest absolute Gasteiger partial charge is 0.354 e. The Kier molecular flexibility index (Phi) is 5.42. The van der Waals surface area contributed by atoms with Gasteiger partial charge in [-0.25, -0.2) is 0 Å². The minimum absolute atomic E-state index is 0.351. The van der Waals surface area contributed by atoms with E-state index in [9.17, 15) is 4.57 Å². The van der Waals surface area contributed by atoms with Gasteiger partial charge in [0.2, 0.25) is 0 Å². The van der Waals surface area contributed by atoms with Crippen LogP contribution in [0.15, 0.2) is 30.1 Å². The average molecular weight is 255 g/mol. The summed E-state index contributed by atoms with van der Waals surface area (Å²) in [6.07, 6.45) is 1.71. The van der Waals surface area contributed by atoms with Gasteiger partial charge in [0, 0.05) is 11.5 Å². The molecule has 0 aliphatic rings. The highest BCUT2D eigenvalue weighted by molar-refractivity contribution is 7.57. The highest BCUT2D eigenvalue weighted by Crippen LogP contribution is 2.50. The van der Waals surface area contributed by atoms with E-state index in [2.05, 4.69) is 0 Å². The molecule has 0 unspecified atom stereocenters. The van der Waals surface area contributed by atoms with Crippen LogP contribution in [0.5, 0.6) is 0 Å². The zero-order valence-corrected chi connectivity index (χ0v) is 11.0. The van der Waals surface area contributed by atoms with Crippen LogP contribution in [0.25, 0.3) is 6.08 Å². The third-order valence-corrected chi connectivity index (χ3v) is 3.75. The Bertz CT molecular complexity index is 404. The summed E-state index contributed by atoms with van der Waals surface area (Å²) in [6.45, 7) is 4.26. The number of hydrogen-bond donors (Lipinski definition) is 1. The van der Waals surface area contributed by atoms with Crippen LogP contribution in [0.2, 0.25) is 0 Å². The van der Waals surface area contributed by atoms with Crippen molar-refractivity contribution < 1.29 is 13.6 Å². The molecule has 0 aliphatic carbocycles. The SMILES string of the molecule is CCOP(=O)(/C=C/c1ccc(N)cc1)OCC. The number of hydrogen-bond acceptors (Lipinski definition) is 4. The Labute approximate surface area is 102 Å². The van der Waals surface area contributed by atoms with E-state index >= 15 is 0 Å². The predicted molar refractivity (Wildman–Crippen MR) is 70.7 cm³/mol. The molecule has 0 saturated carbocycles. The van der Waals surface area contributed by atoms with Crippen LogP contribution in [0, 0.1) is 0 Å². The van der Waals surface area contributed by atoms with Gasteiger partial charge in [-0.15, -0.1) is 0 Å². The highest BCUT2D eigenvalue weighted by Gasteiger charge is 2.18. The number of nitrogens with two attached hydrogens (primary N) is 1. The first-order chi connectivity index (χ1) is 8.09. The van der Waals surface area contributed by atoms with Crippen LogP contribution in [-0.2, 0) is 13.6 Å². The van der Waals surface area contributed by atoms with Gasteiger partial charge in [-0.05, 0) is 37.6 Å². The molecule has 0 saturated heterocycles. The normalized spacial score (nSPS) is 12.1. The van der Waals surface area contributed by atoms with Crippen molar-refractivity contribution in [2.24, 2.45) is 0 Å². The fourth-order valence-corrected chi connectivity index (χ4v) is 2.59. The Morgan fingerprint density at radius 1 is 1.18 bits per heavy atom. The van der Waals surface area contributed by atoms with Crippen molar-refractivity contribution in [3.8, 4) is 0 Å². The van der Waals surface area contributed by atoms with Crippen LogP contribution >= 0.6 is 7.60 Å². The average Bonchev–Trinajstić information content (AvgIpc) is 2.29. The summed E-state index contributed by atoms with van der Waals surface area (Å²) in [6, 6.07) is 7.25. The summed E-state index contributed by atoms with van der Waals surface area (Å²) in [5, 5.41) is 0. The molecule has 94 valence electrons. The molecular formula is C12H18NO3P. The largest absolute Gasteiger partial charge is 0.399 e. The highest BCUT2D eigenvalue weighted by atomic mass is 31.2. The number of anilines is 1. The molecule has 0 bridgehead atoms. The van der Waals surface area contributed by atoms with E-state index in [0.717, 1.165) is 5.56 Å². The van der Waals surface area contributed by atoms with Crippen molar-refractivity contribution >= 4 is 19.4 Å². The van der Waals surface area contributed by atoms with Crippen LogP contribution in [0.4, 0.5) is 5.69 Å². The topological polar surface area (TPSA) is 61.5 Å². The van der Waals surface area contributed by atoms with Crippen molar-refractivity contribution in [3.05, 3.63) is 35.6 Å². The summed E-state index contributed by atoms with van der Waals surface area (Å²) < 4.78 is 22.4. The van der Waals surface area contributed by atoms with E-state index in [1.54, 1.807) is 32.1 Å². The Balaban J connectivity index is 2.79. The first kappa shape index (κ1) is 14.0. The molecule has 0 aliphatic heterocycles.